The van der Waals surface area contributed by atoms with Gasteiger partial charge in [0.05, 0.1) is 17.5 Å². The molecule has 7 nitrogen and oxygen atoms in total. The van der Waals surface area contributed by atoms with Gasteiger partial charge in [-0.1, -0.05) is 79.9 Å². The number of sulfonamides is 1. The van der Waals surface area contributed by atoms with Gasteiger partial charge in [-0.15, -0.1) is 0 Å². The Balaban J connectivity index is 1.60. The van der Waals surface area contributed by atoms with Gasteiger partial charge in [-0.2, -0.15) is 13.2 Å². The zero-order valence-corrected chi connectivity index (χ0v) is 27.1. The molecule has 0 spiro atoms. The van der Waals surface area contributed by atoms with Gasteiger partial charge in [-0.3, -0.25) is 13.9 Å². The minimum atomic E-state index is -4.64. The van der Waals surface area contributed by atoms with E-state index in [1.807, 2.05) is 61.5 Å². The molecule has 0 saturated heterocycles. The standard InChI is InChI=1S/C35H42F3N3O4S/c1-26-13-9-10-16-28(26)25-40(32(23-27-14-5-3-6-15-27)34(43)39-30-18-7-4-8-19-30)33(42)21-12-22-41(46(2,44)45)31-20-11-17-29(24-31)35(36,37)38/h3,5-6,9-11,13-17,20,24,30,32H,4,7-8,12,18-19,21-23,25H2,1-2H3,(H,39,43)/t32-/m0/s1. The SMILES string of the molecule is Cc1ccccc1CN(C(=O)CCCN(c1cccc(C(F)(F)F)c1)S(C)(=O)=O)[C@@H](Cc1ccccc1)C(=O)NC1CCCCC1. The molecule has 0 bridgehead atoms. The second-order valence-electron chi connectivity index (χ2n) is 12.0. The number of nitrogens with zero attached hydrogens (tertiary/aromatic N) is 2. The number of halogens is 3. The molecule has 1 aliphatic rings. The number of nitrogens with one attached hydrogen (secondary N) is 1. The van der Waals surface area contributed by atoms with Crippen molar-refractivity contribution in [1.82, 2.24) is 10.2 Å². The summed E-state index contributed by atoms with van der Waals surface area (Å²) in [4.78, 5) is 29.6. The summed E-state index contributed by atoms with van der Waals surface area (Å²) >= 11 is 0. The van der Waals surface area contributed by atoms with E-state index in [2.05, 4.69) is 5.32 Å². The van der Waals surface area contributed by atoms with Gasteiger partial charge in [0.25, 0.3) is 0 Å². The second-order valence-corrected chi connectivity index (χ2v) is 13.9. The number of carbonyl (C=O) groups excluding carboxylic acids is 2. The van der Waals surface area contributed by atoms with Crippen LogP contribution in [-0.2, 0) is 38.8 Å². The van der Waals surface area contributed by atoms with Gasteiger partial charge >= 0.3 is 6.18 Å². The van der Waals surface area contributed by atoms with E-state index < -0.39 is 27.8 Å². The summed E-state index contributed by atoms with van der Waals surface area (Å²) in [5.74, 6) is -0.583. The first-order valence-corrected chi connectivity index (χ1v) is 17.5. The molecule has 1 fully saturated rings. The Morgan fingerprint density at radius 3 is 2.26 bits per heavy atom. The molecular formula is C35H42F3N3O4S. The van der Waals surface area contributed by atoms with Crippen LogP contribution < -0.4 is 9.62 Å². The summed E-state index contributed by atoms with van der Waals surface area (Å²) in [7, 11) is -3.96. The van der Waals surface area contributed by atoms with Gasteiger partial charge in [0.15, 0.2) is 0 Å². The lowest BCUT2D eigenvalue weighted by atomic mass is 9.94. The van der Waals surface area contributed by atoms with Crippen LogP contribution >= 0.6 is 0 Å². The number of aryl methyl sites for hydroxylation is 1. The molecule has 1 aliphatic carbocycles. The first-order chi connectivity index (χ1) is 21.8. The minimum Gasteiger partial charge on any atom is -0.352 e. The highest BCUT2D eigenvalue weighted by atomic mass is 32.2. The summed E-state index contributed by atoms with van der Waals surface area (Å²) in [6, 6.07) is 20.4. The molecule has 0 aliphatic heterocycles. The summed E-state index contributed by atoms with van der Waals surface area (Å²) in [6.45, 7) is 1.90. The van der Waals surface area contributed by atoms with Crippen LogP contribution in [0.5, 0.6) is 0 Å². The van der Waals surface area contributed by atoms with E-state index in [9.17, 15) is 31.2 Å². The molecule has 1 atom stereocenters. The zero-order valence-electron chi connectivity index (χ0n) is 26.3. The molecule has 1 N–H and O–H groups in total. The van der Waals surface area contributed by atoms with Gasteiger partial charge in [0, 0.05) is 32.0 Å². The maximum Gasteiger partial charge on any atom is 0.416 e. The molecule has 2 amide bonds. The molecule has 3 aromatic rings. The Labute approximate surface area is 269 Å². The van der Waals surface area contributed by atoms with Crippen LogP contribution in [0.2, 0.25) is 0 Å². The van der Waals surface area contributed by atoms with Crippen LogP contribution in [0.4, 0.5) is 18.9 Å². The van der Waals surface area contributed by atoms with E-state index in [0.29, 0.717) is 0 Å². The average molecular weight is 658 g/mol. The molecule has 0 aromatic heterocycles. The fraction of sp³-hybridized carbons (Fsp3) is 0.429. The summed E-state index contributed by atoms with van der Waals surface area (Å²) < 4.78 is 66.4. The van der Waals surface area contributed by atoms with E-state index in [4.69, 9.17) is 0 Å². The van der Waals surface area contributed by atoms with Crippen LogP contribution in [0.25, 0.3) is 0 Å². The highest BCUT2D eigenvalue weighted by molar-refractivity contribution is 7.92. The molecule has 0 heterocycles. The van der Waals surface area contributed by atoms with Gasteiger partial charge in [0.1, 0.15) is 6.04 Å². The van der Waals surface area contributed by atoms with Crippen molar-refractivity contribution in [2.45, 2.75) is 83.1 Å². The Hall–Kier alpha value is -3.86. The second kappa shape index (κ2) is 15.6. The average Bonchev–Trinajstić information content (AvgIpc) is 3.01. The van der Waals surface area contributed by atoms with Crippen LogP contribution in [-0.4, -0.2) is 50.0 Å². The van der Waals surface area contributed by atoms with Gasteiger partial charge in [-0.25, -0.2) is 8.42 Å². The summed E-state index contributed by atoms with van der Waals surface area (Å²) in [5, 5.41) is 3.20. The maximum absolute atomic E-state index is 14.1. The molecule has 3 aromatic carbocycles. The third-order valence-corrected chi connectivity index (χ3v) is 9.63. The quantitative estimate of drug-likeness (QED) is 0.223. The number of carbonyl (C=O) groups is 2. The minimum absolute atomic E-state index is 0.0331. The van der Waals surface area contributed by atoms with Crippen LogP contribution in [0.1, 0.15) is 67.2 Å². The number of alkyl halides is 3. The third kappa shape index (κ3) is 9.82. The van der Waals surface area contributed by atoms with E-state index in [1.165, 1.54) is 6.07 Å². The first kappa shape index (κ1) is 35.0. The largest absolute Gasteiger partial charge is 0.416 e. The van der Waals surface area contributed by atoms with E-state index in [1.54, 1.807) is 4.90 Å². The van der Waals surface area contributed by atoms with Crippen molar-refractivity contribution < 1.29 is 31.2 Å². The van der Waals surface area contributed by atoms with E-state index in [0.717, 1.165) is 77.6 Å². The van der Waals surface area contributed by atoms with Crippen LogP contribution in [0.15, 0.2) is 78.9 Å². The van der Waals surface area contributed by atoms with Crippen molar-refractivity contribution in [2.24, 2.45) is 0 Å². The maximum atomic E-state index is 14.1. The third-order valence-electron chi connectivity index (χ3n) is 8.44. The van der Waals surface area contributed by atoms with E-state index >= 15 is 0 Å². The monoisotopic (exact) mass is 657 g/mol. The molecule has 4 rings (SSSR count). The molecule has 11 heteroatoms. The Kier molecular flexibility index (Phi) is 11.9. The lowest BCUT2D eigenvalue weighted by Gasteiger charge is -2.34. The van der Waals surface area contributed by atoms with Gasteiger partial charge < -0.3 is 10.2 Å². The Morgan fingerprint density at radius 2 is 1.61 bits per heavy atom. The van der Waals surface area contributed by atoms with Gasteiger partial charge in [-0.05, 0) is 61.1 Å². The van der Waals surface area contributed by atoms with Crippen molar-refractivity contribution >= 4 is 27.5 Å². The lowest BCUT2D eigenvalue weighted by Crippen LogP contribution is -2.53. The Morgan fingerprint density at radius 1 is 0.935 bits per heavy atom. The van der Waals surface area contributed by atoms with Crippen LogP contribution in [0.3, 0.4) is 0 Å². The van der Waals surface area contributed by atoms with Crippen molar-refractivity contribution in [2.75, 3.05) is 17.1 Å². The summed E-state index contributed by atoms with van der Waals surface area (Å²) in [5.41, 5.74) is 1.63. The van der Waals surface area contributed by atoms with E-state index in [-0.39, 0.29) is 55.9 Å². The first-order valence-electron chi connectivity index (χ1n) is 15.7. The van der Waals surface area contributed by atoms with Crippen molar-refractivity contribution in [3.8, 4) is 0 Å². The highest BCUT2D eigenvalue weighted by Crippen LogP contribution is 2.32. The number of rotatable bonds is 13. The Bertz CT molecular complexity index is 1580. The lowest BCUT2D eigenvalue weighted by molar-refractivity contribution is -0.141. The molecule has 248 valence electrons. The fourth-order valence-electron chi connectivity index (χ4n) is 5.91. The predicted octanol–water partition coefficient (Wildman–Crippen LogP) is 6.65. The summed E-state index contributed by atoms with van der Waals surface area (Å²) in [6.07, 6.45) is 1.44. The highest BCUT2D eigenvalue weighted by Gasteiger charge is 2.33. The number of anilines is 1. The number of benzene rings is 3. The van der Waals surface area contributed by atoms with Gasteiger partial charge in [0.2, 0.25) is 21.8 Å². The molecule has 1 saturated carbocycles. The topological polar surface area (TPSA) is 86.8 Å². The predicted molar refractivity (Wildman–Crippen MR) is 174 cm³/mol. The fourth-order valence-corrected chi connectivity index (χ4v) is 6.87. The number of hydrogen-bond acceptors (Lipinski definition) is 4. The van der Waals surface area contributed by atoms with Crippen molar-refractivity contribution in [3.05, 3.63) is 101 Å². The molecular weight excluding hydrogens is 615 g/mol. The molecule has 0 radical (unpaired) electrons. The number of hydrogen-bond donors (Lipinski definition) is 1. The smallest absolute Gasteiger partial charge is 0.352 e. The molecule has 0 unspecified atom stereocenters. The van der Waals surface area contributed by atoms with Crippen molar-refractivity contribution in [1.29, 1.82) is 0 Å². The van der Waals surface area contributed by atoms with Crippen molar-refractivity contribution in [3.63, 3.8) is 0 Å². The number of amides is 2. The zero-order chi connectivity index (χ0) is 33.3. The molecule has 46 heavy (non-hydrogen) atoms. The normalized spacial score (nSPS) is 14.8. The van der Waals surface area contributed by atoms with Crippen LogP contribution in [0, 0.1) is 6.92 Å².